The summed E-state index contributed by atoms with van der Waals surface area (Å²) in [5.41, 5.74) is -0.851. The maximum atomic E-state index is 13.3. The number of hydrogen-bond donors (Lipinski definition) is 1. The highest BCUT2D eigenvalue weighted by Gasteiger charge is 2.51. The lowest BCUT2D eigenvalue weighted by atomic mass is 9.87. The molecule has 31 heavy (non-hydrogen) atoms. The van der Waals surface area contributed by atoms with Crippen LogP contribution in [0.25, 0.3) is 0 Å². The van der Waals surface area contributed by atoms with E-state index in [9.17, 15) is 18.8 Å². The Balaban J connectivity index is 1.61. The van der Waals surface area contributed by atoms with Crippen LogP contribution in [0.1, 0.15) is 18.9 Å². The second kappa shape index (κ2) is 9.34. The third-order valence-corrected chi connectivity index (χ3v) is 5.52. The molecule has 0 aromatic heterocycles. The number of halogens is 2. The normalized spacial score (nSPS) is 18.1. The monoisotopic (exact) mass is 447 g/mol. The van der Waals surface area contributed by atoms with Crippen molar-refractivity contribution in [3.05, 3.63) is 64.9 Å². The molecule has 3 rings (SSSR count). The van der Waals surface area contributed by atoms with Crippen molar-refractivity contribution in [1.82, 2.24) is 15.1 Å². The molecule has 0 bridgehead atoms. The van der Waals surface area contributed by atoms with Crippen molar-refractivity contribution >= 4 is 29.4 Å². The van der Waals surface area contributed by atoms with Gasteiger partial charge in [0, 0.05) is 12.1 Å². The second-order valence-corrected chi connectivity index (χ2v) is 7.64. The van der Waals surface area contributed by atoms with E-state index in [0.29, 0.717) is 16.3 Å². The van der Waals surface area contributed by atoms with Gasteiger partial charge in [-0.05, 0) is 48.4 Å². The number of nitrogens with one attached hydrogen (secondary N) is 1. The quantitative estimate of drug-likeness (QED) is 0.630. The summed E-state index contributed by atoms with van der Waals surface area (Å²) in [6.45, 7) is 1.85. The summed E-state index contributed by atoms with van der Waals surface area (Å²) >= 11 is 5.83. The third-order valence-electron chi connectivity index (χ3n) is 5.27. The fraction of sp³-hybridized carbons (Fsp3) is 0.318. The van der Waals surface area contributed by atoms with Crippen molar-refractivity contribution in [2.24, 2.45) is 0 Å². The van der Waals surface area contributed by atoms with Gasteiger partial charge in [0.2, 0.25) is 5.91 Å². The predicted octanol–water partition coefficient (Wildman–Crippen LogP) is 3.17. The van der Waals surface area contributed by atoms with Gasteiger partial charge in [-0.1, -0.05) is 30.7 Å². The van der Waals surface area contributed by atoms with Gasteiger partial charge in [-0.15, -0.1) is 0 Å². The molecule has 1 N–H and O–H groups in total. The smallest absolute Gasteiger partial charge is 0.325 e. The number of carbonyl (C=O) groups excluding carboxylic acids is 3. The van der Waals surface area contributed by atoms with E-state index in [0.717, 1.165) is 4.90 Å². The van der Waals surface area contributed by atoms with Crippen LogP contribution in [0.3, 0.4) is 0 Å². The van der Waals surface area contributed by atoms with Gasteiger partial charge in [0.25, 0.3) is 5.91 Å². The van der Waals surface area contributed by atoms with Crippen LogP contribution >= 0.6 is 11.6 Å². The summed E-state index contributed by atoms with van der Waals surface area (Å²) in [6.07, 6.45) is 0.263. The van der Waals surface area contributed by atoms with Gasteiger partial charge in [-0.3, -0.25) is 14.5 Å². The molecule has 9 heteroatoms. The van der Waals surface area contributed by atoms with Crippen molar-refractivity contribution in [2.45, 2.75) is 18.9 Å². The first kappa shape index (κ1) is 22.6. The predicted molar refractivity (Wildman–Crippen MR) is 113 cm³/mol. The van der Waals surface area contributed by atoms with Crippen molar-refractivity contribution in [1.29, 1.82) is 0 Å². The van der Waals surface area contributed by atoms with Crippen LogP contribution < -0.4 is 10.1 Å². The molecule has 0 spiro atoms. The van der Waals surface area contributed by atoms with Crippen LogP contribution in [0.15, 0.2) is 48.5 Å². The zero-order chi connectivity index (χ0) is 22.6. The van der Waals surface area contributed by atoms with Gasteiger partial charge < -0.3 is 15.0 Å². The number of carbonyl (C=O) groups is 3. The Labute approximate surface area is 184 Å². The average molecular weight is 448 g/mol. The van der Waals surface area contributed by atoms with Gasteiger partial charge in [-0.2, -0.15) is 0 Å². The maximum absolute atomic E-state index is 13.3. The van der Waals surface area contributed by atoms with Crippen LogP contribution in [0, 0.1) is 5.82 Å². The van der Waals surface area contributed by atoms with Crippen LogP contribution in [0.2, 0.25) is 5.02 Å². The lowest BCUT2D eigenvalue weighted by molar-refractivity contribution is -0.138. The van der Waals surface area contributed by atoms with Crippen molar-refractivity contribution in [3.63, 3.8) is 0 Å². The molecular formula is C22H23ClFN3O4. The first-order chi connectivity index (χ1) is 14.8. The fourth-order valence-corrected chi connectivity index (χ4v) is 3.48. The summed E-state index contributed by atoms with van der Waals surface area (Å²) < 4.78 is 18.9. The Kier molecular flexibility index (Phi) is 6.80. The number of amides is 4. The SMILES string of the molecule is CCC1(c2ccc(F)cc2)NC(=O)N(CC(=O)N(C)CCOc2ccc(Cl)cc2)C1=O. The first-order valence-electron chi connectivity index (χ1n) is 9.79. The molecular weight excluding hydrogens is 425 g/mol. The molecule has 4 amide bonds. The van der Waals surface area contributed by atoms with Crippen molar-refractivity contribution in [3.8, 4) is 5.75 Å². The number of likely N-dealkylation sites (N-methyl/N-ethyl adjacent to an activating group) is 1. The minimum absolute atomic E-state index is 0.235. The summed E-state index contributed by atoms with van der Waals surface area (Å²) in [7, 11) is 1.57. The molecule has 1 fully saturated rings. The molecule has 7 nitrogen and oxygen atoms in total. The number of nitrogens with zero attached hydrogens (tertiary/aromatic N) is 2. The highest BCUT2D eigenvalue weighted by molar-refractivity contribution is 6.30. The summed E-state index contributed by atoms with van der Waals surface area (Å²) in [4.78, 5) is 40.5. The summed E-state index contributed by atoms with van der Waals surface area (Å²) in [5, 5.41) is 3.27. The van der Waals surface area contributed by atoms with E-state index in [-0.39, 0.29) is 19.6 Å². The molecule has 1 saturated heterocycles. The molecule has 164 valence electrons. The molecule has 2 aromatic rings. The first-order valence-corrected chi connectivity index (χ1v) is 10.2. The number of ether oxygens (including phenoxy) is 1. The lowest BCUT2D eigenvalue weighted by Crippen LogP contribution is -2.45. The number of rotatable bonds is 8. The standard InChI is InChI=1S/C22H23ClFN3O4/c1-3-22(15-4-8-17(24)9-5-15)20(29)27(21(30)25-22)14-19(28)26(2)12-13-31-18-10-6-16(23)7-11-18/h4-11H,3,12-14H2,1-2H3,(H,25,30). The Morgan fingerprint density at radius 3 is 2.42 bits per heavy atom. The minimum atomic E-state index is -1.32. The molecule has 2 aromatic carbocycles. The second-order valence-electron chi connectivity index (χ2n) is 7.20. The molecule has 0 aliphatic carbocycles. The fourth-order valence-electron chi connectivity index (χ4n) is 3.36. The molecule has 1 aliphatic heterocycles. The zero-order valence-corrected chi connectivity index (χ0v) is 18.0. The number of benzene rings is 2. The number of hydrogen-bond acceptors (Lipinski definition) is 4. The van der Waals surface area contributed by atoms with Gasteiger partial charge in [0.1, 0.15) is 30.3 Å². The lowest BCUT2D eigenvalue weighted by Gasteiger charge is -2.26. The molecule has 1 unspecified atom stereocenters. The maximum Gasteiger partial charge on any atom is 0.325 e. The van der Waals surface area contributed by atoms with E-state index in [1.165, 1.54) is 29.2 Å². The summed E-state index contributed by atoms with van der Waals surface area (Å²) in [5.74, 6) is -0.771. The molecule has 0 saturated carbocycles. The van der Waals surface area contributed by atoms with Crippen molar-refractivity contribution in [2.75, 3.05) is 26.7 Å². The Morgan fingerprint density at radius 1 is 1.16 bits per heavy atom. The van der Waals surface area contributed by atoms with Gasteiger partial charge in [0.05, 0.1) is 6.54 Å². The van der Waals surface area contributed by atoms with Crippen LogP contribution in [-0.2, 0) is 15.1 Å². The highest BCUT2D eigenvalue weighted by Crippen LogP contribution is 2.32. The minimum Gasteiger partial charge on any atom is -0.492 e. The van der Waals surface area contributed by atoms with Crippen LogP contribution in [0.4, 0.5) is 9.18 Å². The van der Waals surface area contributed by atoms with Gasteiger partial charge in [-0.25, -0.2) is 9.18 Å². The van der Waals surface area contributed by atoms with E-state index < -0.39 is 35.7 Å². The zero-order valence-electron chi connectivity index (χ0n) is 17.2. The topological polar surface area (TPSA) is 79.0 Å². The number of imide groups is 1. The van der Waals surface area contributed by atoms with E-state index >= 15 is 0 Å². The molecule has 0 radical (unpaired) electrons. The molecule has 1 aliphatic rings. The average Bonchev–Trinajstić information content (AvgIpc) is 3.00. The van der Waals surface area contributed by atoms with Crippen LogP contribution in [0.5, 0.6) is 5.75 Å². The van der Waals surface area contributed by atoms with Gasteiger partial charge >= 0.3 is 6.03 Å². The van der Waals surface area contributed by atoms with E-state index in [1.807, 2.05) is 0 Å². The third kappa shape index (κ3) is 4.80. The highest BCUT2D eigenvalue weighted by atomic mass is 35.5. The van der Waals surface area contributed by atoms with Crippen LogP contribution in [-0.4, -0.2) is 54.4 Å². The number of urea groups is 1. The molecule has 1 atom stereocenters. The largest absolute Gasteiger partial charge is 0.492 e. The Bertz CT molecular complexity index is 968. The van der Waals surface area contributed by atoms with E-state index in [2.05, 4.69) is 5.32 Å². The van der Waals surface area contributed by atoms with E-state index in [1.54, 1.807) is 38.2 Å². The van der Waals surface area contributed by atoms with E-state index in [4.69, 9.17) is 16.3 Å². The molecule has 1 heterocycles. The van der Waals surface area contributed by atoms with Crippen molar-refractivity contribution < 1.29 is 23.5 Å². The van der Waals surface area contributed by atoms with Gasteiger partial charge in [0.15, 0.2) is 0 Å². The Hall–Kier alpha value is -3.13. The summed E-state index contributed by atoms with van der Waals surface area (Å²) in [6, 6.07) is 11.6. The Morgan fingerprint density at radius 2 is 1.81 bits per heavy atom.